The summed E-state index contributed by atoms with van der Waals surface area (Å²) in [6.45, 7) is 2.41. The van der Waals surface area contributed by atoms with Gasteiger partial charge in [0.1, 0.15) is 0 Å². The topological polar surface area (TPSA) is 83.0 Å². The van der Waals surface area contributed by atoms with Crippen LogP contribution in [0.5, 0.6) is 0 Å². The SMILES string of the molecule is COCc1c(C(N)=O)nnn1C(C)C1CCC1. The van der Waals surface area contributed by atoms with Crippen LogP contribution in [-0.2, 0) is 11.3 Å². The Labute approximate surface area is 100 Å². The molecule has 1 aliphatic carbocycles. The third kappa shape index (κ3) is 2.17. The summed E-state index contributed by atoms with van der Waals surface area (Å²) in [7, 11) is 1.58. The van der Waals surface area contributed by atoms with E-state index in [1.54, 1.807) is 11.8 Å². The van der Waals surface area contributed by atoms with Gasteiger partial charge in [-0.25, -0.2) is 4.68 Å². The molecule has 0 aliphatic heterocycles. The van der Waals surface area contributed by atoms with Crippen molar-refractivity contribution in [3.63, 3.8) is 0 Å². The van der Waals surface area contributed by atoms with Gasteiger partial charge in [0.05, 0.1) is 18.3 Å². The summed E-state index contributed by atoms with van der Waals surface area (Å²) in [6.07, 6.45) is 3.69. The van der Waals surface area contributed by atoms with Gasteiger partial charge >= 0.3 is 0 Å². The molecular formula is C11H18N4O2. The molecule has 6 heteroatoms. The van der Waals surface area contributed by atoms with Crippen molar-refractivity contribution >= 4 is 5.91 Å². The first-order valence-electron chi connectivity index (χ1n) is 5.88. The van der Waals surface area contributed by atoms with Gasteiger partial charge in [-0.15, -0.1) is 5.10 Å². The van der Waals surface area contributed by atoms with Gasteiger partial charge < -0.3 is 10.5 Å². The summed E-state index contributed by atoms with van der Waals surface area (Å²) >= 11 is 0. The lowest BCUT2D eigenvalue weighted by Crippen LogP contribution is -2.25. The van der Waals surface area contributed by atoms with Crippen molar-refractivity contribution in [2.45, 2.75) is 38.8 Å². The molecule has 1 heterocycles. The number of nitrogens with zero attached hydrogens (tertiary/aromatic N) is 3. The molecule has 1 atom stereocenters. The lowest BCUT2D eigenvalue weighted by atomic mass is 9.80. The smallest absolute Gasteiger partial charge is 0.271 e. The standard InChI is InChI=1S/C11H18N4O2/c1-7(8-4-3-5-8)15-9(6-17-2)10(11(12)16)13-14-15/h7-8H,3-6H2,1-2H3,(H2,12,16). The lowest BCUT2D eigenvalue weighted by molar-refractivity contribution is 0.0989. The van der Waals surface area contributed by atoms with Crippen molar-refractivity contribution in [2.24, 2.45) is 11.7 Å². The summed E-state index contributed by atoms with van der Waals surface area (Å²) in [4.78, 5) is 11.2. The number of carbonyl (C=O) groups is 1. The Balaban J connectivity index is 2.28. The molecule has 0 aromatic carbocycles. The average Bonchev–Trinajstić information content (AvgIpc) is 2.59. The summed E-state index contributed by atoms with van der Waals surface area (Å²) in [5, 5.41) is 7.90. The largest absolute Gasteiger partial charge is 0.378 e. The summed E-state index contributed by atoms with van der Waals surface area (Å²) in [5.74, 6) is 0.0668. The molecule has 1 aromatic rings. The molecule has 1 aromatic heterocycles. The molecule has 0 radical (unpaired) electrons. The Hall–Kier alpha value is -1.43. The molecule has 1 fully saturated rings. The van der Waals surface area contributed by atoms with Crippen LogP contribution in [0.2, 0.25) is 0 Å². The highest BCUT2D eigenvalue weighted by Gasteiger charge is 2.29. The monoisotopic (exact) mass is 238 g/mol. The maximum Gasteiger partial charge on any atom is 0.271 e. The molecular weight excluding hydrogens is 220 g/mol. The number of hydrogen-bond acceptors (Lipinski definition) is 4. The molecule has 94 valence electrons. The second-order valence-corrected chi connectivity index (χ2v) is 4.56. The van der Waals surface area contributed by atoms with Crippen LogP contribution in [0, 0.1) is 5.92 Å². The Morgan fingerprint density at radius 3 is 2.82 bits per heavy atom. The quantitative estimate of drug-likeness (QED) is 0.825. The second kappa shape index (κ2) is 4.83. The van der Waals surface area contributed by atoms with Gasteiger partial charge in [-0.3, -0.25) is 4.79 Å². The van der Waals surface area contributed by atoms with Crippen molar-refractivity contribution in [3.8, 4) is 0 Å². The number of nitrogens with two attached hydrogens (primary N) is 1. The number of ether oxygens (including phenoxy) is 1. The number of hydrogen-bond donors (Lipinski definition) is 1. The van der Waals surface area contributed by atoms with E-state index in [0.717, 1.165) is 0 Å². The Morgan fingerprint density at radius 1 is 1.65 bits per heavy atom. The van der Waals surface area contributed by atoms with Gasteiger partial charge in [0.25, 0.3) is 5.91 Å². The van der Waals surface area contributed by atoms with E-state index in [2.05, 4.69) is 17.2 Å². The van der Waals surface area contributed by atoms with Gasteiger partial charge in [0.15, 0.2) is 5.69 Å². The Kier molecular flexibility index (Phi) is 3.42. The molecule has 2 N–H and O–H groups in total. The third-order valence-corrected chi connectivity index (χ3v) is 3.52. The van der Waals surface area contributed by atoms with Crippen molar-refractivity contribution in [1.29, 1.82) is 0 Å². The summed E-state index contributed by atoms with van der Waals surface area (Å²) < 4.78 is 6.88. The fourth-order valence-corrected chi connectivity index (χ4v) is 2.22. The minimum atomic E-state index is -0.552. The maximum atomic E-state index is 11.2. The van der Waals surface area contributed by atoms with Gasteiger partial charge in [0.2, 0.25) is 0 Å². The van der Waals surface area contributed by atoms with Crippen LogP contribution >= 0.6 is 0 Å². The van der Waals surface area contributed by atoms with Crippen LogP contribution in [0.4, 0.5) is 0 Å². The summed E-state index contributed by atoms with van der Waals surface area (Å²) in [6, 6.07) is 0.245. The van der Waals surface area contributed by atoms with Crippen LogP contribution in [0.25, 0.3) is 0 Å². The number of carbonyl (C=O) groups excluding carboxylic acids is 1. The van der Waals surface area contributed by atoms with E-state index in [1.165, 1.54) is 19.3 Å². The molecule has 1 saturated carbocycles. The molecule has 1 amide bonds. The van der Waals surface area contributed by atoms with Gasteiger partial charge in [0, 0.05) is 7.11 Å². The van der Waals surface area contributed by atoms with E-state index in [-0.39, 0.29) is 11.7 Å². The van der Waals surface area contributed by atoms with Crippen LogP contribution < -0.4 is 5.73 Å². The zero-order chi connectivity index (χ0) is 12.4. The van der Waals surface area contributed by atoms with E-state index in [1.807, 2.05) is 0 Å². The maximum absolute atomic E-state index is 11.2. The first kappa shape index (κ1) is 12.0. The number of amides is 1. The normalized spacial score (nSPS) is 17.8. The molecule has 0 saturated heterocycles. The van der Waals surface area contributed by atoms with Gasteiger partial charge in [-0.05, 0) is 25.7 Å². The van der Waals surface area contributed by atoms with E-state index < -0.39 is 5.91 Å². The highest BCUT2D eigenvalue weighted by Crippen LogP contribution is 2.36. The molecule has 0 spiro atoms. The van der Waals surface area contributed by atoms with E-state index in [0.29, 0.717) is 18.2 Å². The number of aromatic nitrogens is 3. The molecule has 1 unspecified atom stereocenters. The van der Waals surface area contributed by atoms with Crippen molar-refractivity contribution in [1.82, 2.24) is 15.0 Å². The first-order valence-corrected chi connectivity index (χ1v) is 5.88. The fraction of sp³-hybridized carbons (Fsp3) is 0.727. The average molecular weight is 238 g/mol. The zero-order valence-corrected chi connectivity index (χ0v) is 10.2. The molecule has 2 rings (SSSR count). The third-order valence-electron chi connectivity index (χ3n) is 3.52. The van der Waals surface area contributed by atoms with Gasteiger partial charge in [-0.1, -0.05) is 11.6 Å². The minimum Gasteiger partial charge on any atom is -0.378 e. The van der Waals surface area contributed by atoms with E-state index >= 15 is 0 Å². The second-order valence-electron chi connectivity index (χ2n) is 4.56. The molecule has 17 heavy (non-hydrogen) atoms. The highest BCUT2D eigenvalue weighted by atomic mass is 16.5. The predicted molar refractivity (Wildman–Crippen MR) is 61.3 cm³/mol. The Bertz CT molecular complexity index is 412. The van der Waals surface area contributed by atoms with Crippen LogP contribution in [0.15, 0.2) is 0 Å². The highest BCUT2D eigenvalue weighted by molar-refractivity contribution is 5.91. The van der Waals surface area contributed by atoms with Crippen LogP contribution in [-0.4, -0.2) is 28.0 Å². The molecule has 6 nitrogen and oxygen atoms in total. The van der Waals surface area contributed by atoms with E-state index in [9.17, 15) is 4.79 Å². The summed E-state index contributed by atoms with van der Waals surface area (Å²) in [5.41, 5.74) is 6.17. The zero-order valence-electron chi connectivity index (χ0n) is 10.2. The molecule has 1 aliphatic rings. The number of primary amides is 1. The van der Waals surface area contributed by atoms with Crippen LogP contribution in [0.3, 0.4) is 0 Å². The van der Waals surface area contributed by atoms with Crippen molar-refractivity contribution in [2.75, 3.05) is 7.11 Å². The van der Waals surface area contributed by atoms with Crippen LogP contribution in [0.1, 0.15) is 48.4 Å². The van der Waals surface area contributed by atoms with Crippen molar-refractivity contribution in [3.05, 3.63) is 11.4 Å². The van der Waals surface area contributed by atoms with E-state index in [4.69, 9.17) is 10.5 Å². The van der Waals surface area contributed by atoms with Crippen molar-refractivity contribution < 1.29 is 9.53 Å². The number of rotatable bonds is 5. The predicted octanol–water partition coefficient (Wildman–Crippen LogP) is 0.884. The molecule has 0 bridgehead atoms. The Morgan fingerprint density at radius 2 is 2.35 bits per heavy atom. The minimum absolute atomic E-state index is 0.220. The van der Waals surface area contributed by atoms with Gasteiger partial charge in [-0.2, -0.15) is 0 Å². The lowest BCUT2D eigenvalue weighted by Gasteiger charge is -2.31. The number of methoxy groups -OCH3 is 1. The first-order chi connectivity index (χ1) is 8.15. The fourth-order valence-electron chi connectivity index (χ4n) is 2.22.